The van der Waals surface area contributed by atoms with Crippen molar-refractivity contribution in [2.24, 2.45) is 0 Å². The summed E-state index contributed by atoms with van der Waals surface area (Å²) in [5.41, 5.74) is 0. The number of carbonyl (C=O) groups excluding carboxylic acids is 1. The molecular weight excluding hydrogens is 578 g/mol. The molecule has 0 aromatic rings. The molecule has 0 aliphatic carbocycles. The minimum atomic E-state index is -0.834. The number of rotatable bonds is 38. The van der Waals surface area contributed by atoms with Gasteiger partial charge in [-0.25, -0.2) is 0 Å². The molecule has 0 aliphatic heterocycles. The Kier molecular flexibility index (Phi) is 38.4. The molecule has 0 aliphatic rings. The van der Waals surface area contributed by atoms with E-state index >= 15 is 0 Å². The van der Waals surface area contributed by atoms with Gasteiger partial charge in [0, 0.05) is 6.42 Å². The number of nitrogens with one attached hydrogen (secondary N) is 1. The van der Waals surface area contributed by atoms with E-state index in [0.717, 1.165) is 25.7 Å². The van der Waals surface area contributed by atoms with Crippen LogP contribution in [0.15, 0.2) is 24.3 Å². The minimum Gasteiger partial charge on any atom is -0.394 e. The van der Waals surface area contributed by atoms with E-state index in [1.54, 1.807) is 6.08 Å². The van der Waals surface area contributed by atoms with Crippen LogP contribution in [0.2, 0.25) is 0 Å². The fraction of sp³-hybridized carbons (Fsp3) is 0.884. The summed E-state index contributed by atoms with van der Waals surface area (Å²) in [6.07, 6.45) is 50.1. The van der Waals surface area contributed by atoms with E-state index in [1.807, 2.05) is 6.08 Å². The summed E-state index contributed by atoms with van der Waals surface area (Å²) in [6.45, 7) is 4.29. The van der Waals surface area contributed by atoms with Crippen LogP contribution in [-0.4, -0.2) is 34.9 Å². The Hall–Kier alpha value is -1.13. The van der Waals surface area contributed by atoms with Crippen molar-refractivity contribution in [2.45, 2.75) is 238 Å². The van der Waals surface area contributed by atoms with Gasteiger partial charge in [-0.05, 0) is 44.9 Å². The molecule has 0 saturated heterocycles. The van der Waals surface area contributed by atoms with Crippen LogP contribution in [0.1, 0.15) is 226 Å². The van der Waals surface area contributed by atoms with Gasteiger partial charge in [-0.15, -0.1) is 0 Å². The third-order valence-electron chi connectivity index (χ3n) is 9.68. The van der Waals surface area contributed by atoms with E-state index < -0.39 is 12.1 Å². The van der Waals surface area contributed by atoms with Gasteiger partial charge < -0.3 is 15.5 Å². The van der Waals surface area contributed by atoms with Crippen molar-refractivity contribution >= 4 is 5.91 Å². The minimum absolute atomic E-state index is 0.0669. The third-order valence-corrected chi connectivity index (χ3v) is 9.68. The number of hydrogen-bond donors (Lipinski definition) is 3. The predicted octanol–water partition coefficient (Wildman–Crippen LogP) is 12.8. The van der Waals surface area contributed by atoms with E-state index in [9.17, 15) is 15.0 Å². The van der Waals surface area contributed by atoms with Crippen LogP contribution in [-0.2, 0) is 4.79 Å². The average Bonchev–Trinajstić information content (AvgIpc) is 3.07. The summed E-state index contributed by atoms with van der Waals surface area (Å²) >= 11 is 0. The maximum Gasteiger partial charge on any atom is 0.220 e. The molecule has 0 fully saturated rings. The Morgan fingerprint density at radius 1 is 0.489 bits per heavy atom. The summed E-state index contributed by atoms with van der Waals surface area (Å²) in [6, 6.07) is -0.618. The Bertz CT molecular complexity index is 676. The zero-order valence-corrected chi connectivity index (χ0v) is 31.8. The first-order valence-corrected chi connectivity index (χ1v) is 21.1. The van der Waals surface area contributed by atoms with Crippen LogP contribution in [0.4, 0.5) is 0 Å². The van der Waals surface area contributed by atoms with Crippen LogP contribution >= 0.6 is 0 Å². The highest BCUT2D eigenvalue weighted by atomic mass is 16.3. The molecular formula is C43H83NO3. The molecule has 2 unspecified atom stereocenters. The molecule has 0 radical (unpaired) electrons. The van der Waals surface area contributed by atoms with E-state index in [1.165, 1.54) is 180 Å². The second kappa shape index (κ2) is 39.3. The van der Waals surface area contributed by atoms with Crippen molar-refractivity contribution in [3.05, 3.63) is 24.3 Å². The maximum atomic E-state index is 12.3. The largest absolute Gasteiger partial charge is 0.394 e. The lowest BCUT2D eigenvalue weighted by Crippen LogP contribution is -2.45. The summed E-state index contributed by atoms with van der Waals surface area (Å²) in [5.74, 6) is -0.0669. The first kappa shape index (κ1) is 45.9. The topological polar surface area (TPSA) is 69.6 Å². The summed E-state index contributed by atoms with van der Waals surface area (Å²) in [4.78, 5) is 12.3. The van der Waals surface area contributed by atoms with E-state index in [-0.39, 0.29) is 12.5 Å². The molecule has 0 saturated carbocycles. The van der Waals surface area contributed by atoms with Gasteiger partial charge in [-0.2, -0.15) is 0 Å². The normalized spacial score (nSPS) is 13.2. The molecule has 0 heterocycles. The molecule has 4 nitrogen and oxygen atoms in total. The van der Waals surface area contributed by atoms with Crippen molar-refractivity contribution in [1.29, 1.82) is 0 Å². The summed E-state index contributed by atoms with van der Waals surface area (Å²) < 4.78 is 0. The van der Waals surface area contributed by atoms with Crippen LogP contribution in [0, 0.1) is 0 Å². The van der Waals surface area contributed by atoms with Gasteiger partial charge in [0.1, 0.15) is 0 Å². The van der Waals surface area contributed by atoms with E-state index in [0.29, 0.717) is 6.42 Å². The van der Waals surface area contributed by atoms with Gasteiger partial charge in [0.05, 0.1) is 18.8 Å². The zero-order valence-electron chi connectivity index (χ0n) is 31.8. The number of allylic oxidation sites excluding steroid dienone is 3. The third kappa shape index (κ3) is 36.0. The fourth-order valence-corrected chi connectivity index (χ4v) is 6.41. The molecule has 0 aromatic carbocycles. The van der Waals surface area contributed by atoms with Crippen LogP contribution in [0.3, 0.4) is 0 Å². The number of unbranched alkanes of at least 4 members (excludes halogenated alkanes) is 29. The lowest BCUT2D eigenvalue weighted by atomic mass is 10.0. The maximum absolute atomic E-state index is 12.3. The molecule has 3 N–H and O–H groups in total. The number of carbonyl (C=O) groups is 1. The highest BCUT2D eigenvalue weighted by Gasteiger charge is 2.17. The van der Waals surface area contributed by atoms with Gasteiger partial charge in [-0.3, -0.25) is 4.79 Å². The Balaban J connectivity index is 3.47. The Morgan fingerprint density at radius 3 is 1.17 bits per heavy atom. The number of aliphatic hydroxyl groups excluding tert-OH is 2. The molecule has 278 valence electrons. The van der Waals surface area contributed by atoms with Gasteiger partial charge in [0.2, 0.25) is 5.91 Å². The van der Waals surface area contributed by atoms with Crippen molar-refractivity contribution in [3.8, 4) is 0 Å². The molecule has 2 atom stereocenters. The van der Waals surface area contributed by atoms with Gasteiger partial charge in [-0.1, -0.05) is 199 Å². The highest BCUT2D eigenvalue weighted by molar-refractivity contribution is 5.76. The second-order valence-electron chi connectivity index (χ2n) is 14.4. The van der Waals surface area contributed by atoms with Crippen LogP contribution in [0.25, 0.3) is 0 Å². The number of hydrogen-bond acceptors (Lipinski definition) is 3. The lowest BCUT2D eigenvalue weighted by molar-refractivity contribution is -0.123. The predicted molar refractivity (Wildman–Crippen MR) is 207 cm³/mol. The number of aliphatic hydroxyl groups is 2. The monoisotopic (exact) mass is 662 g/mol. The zero-order chi connectivity index (χ0) is 34.3. The number of amides is 1. The fourth-order valence-electron chi connectivity index (χ4n) is 6.41. The SMILES string of the molecule is CCCCCCCCC/C=C/C(O)C(CO)NC(=O)CCCCCCCCCCCC/C=C\CCCCCCCCCCCCCC. The van der Waals surface area contributed by atoms with E-state index in [4.69, 9.17) is 0 Å². The quantitative estimate of drug-likeness (QED) is 0.0455. The first-order chi connectivity index (χ1) is 23.2. The van der Waals surface area contributed by atoms with Crippen molar-refractivity contribution in [3.63, 3.8) is 0 Å². The molecule has 4 heteroatoms. The Morgan fingerprint density at radius 2 is 0.809 bits per heavy atom. The molecule has 1 amide bonds. The second-order valence-corrected chi connectivity index (χ2v) is 14.4. The standard InChI is InChI=1S/C43H83NO3/c1-3-5-7-9-11-13-14-15-16-17-18-19-20-21-22-23-24-25-26-27-28-29-31-33-35-37-39-43(47)44-41(40-45)42(46)38-36-34-32-30-12-10-8-6-4-2/h21-22,36,38,41-42,45-46H,3-20,23-35,37,39-40H2,1-2H3,(H,44,47)/b22-21-,38-36+. The van der Waals surface area contributed by atoms with Gasteiger partial charge >= 0.3 is 0 Å². The van der Waals surface area contributed by atoms with Gasteiger partial charge in [0.15, 0.2) is 0 Å². The van der Waals surface area contributed by atoms with Crippen molar-refractivity contribution in [1.82, 2.24) is 5.32 Å². The van der Waals surface area contributed by atoms with E-state index in [2.05, 4.69) is 31.3 Å². The smallest absolute Gasteiger partial charge is 0.220 e. The van der Waals surface area contributed by atoms with Crippen LogP contribution < -0.4 is 5.32 Å². The molecule has 0 bridgehead atoms. The average molecular weight is 662 g/mol. The Labute approximate surface area is 294 Å². The summed E-state index contributed by atoms with van der Waals surface area (Å²) in [5, 5.41) is 22.8. The molecule has 47 heavy (non-hydrogen) atoms. The van der Waals surface area contributed by atoms with Crippen LogP contribution in [0.5, 0.6) is 0 Å². The van der Waals surface area contributed by atoms with Crippen molar-refractivity contribution < 1.29 is 15.0 Å². The lowest BCUT2D eigenvalue weighted by Gasteiger charge is -2.20. The summed E-state index contributed by atoms with van der Waals surface area (Å²) in [7, 11) is 0. The first-order valence-electron chi connectivity index (χ1n) is 21.1. The van der Waals surface area contributed by atoms with Gasteiger partial charge in [0.25, 0.3) is 0 Å². The highest BCUT2D eigenvalue weighted by Crippen LogP contribution is 2.15. The van der Waals surface area contributed by atoms with Crippen molar-refractivity contribution in [2.75, 3.05) is 6.61 Å². The molecule has 0 aromatic heterocycles. The molecule has 0 spiro atoms. The molecule has 0 rings (SSSR count).